The molecule has 61 heavy (non-hydrogen) atoms. The van der Waals surface area contributed by atoms with Crippen LogP contribution in [0.25, 0.3) is 0 Å². The molecule has 0 aromatic carbocycles. The van der Waals surface area contributed by atoms with Gasteiger partial charge in [0.15, 0.2) is 6.10 Å². The highest BCUT2D eigenvalue weighted by Crippen LogP contribution is 2.15. The molecule has 0 heterocycles. The van der Waals surface area contributed by atoms with Crippen molar-refractivity contribution in [2.45, 2.75) is 284 Å². The predicted octanol–water partition coefficient (Wildman–Crippen LogP) is 17.3. The molecule has 0 radical (unpaired) electrons. The fourth-order valence-electron chi connectivity index (χ4n) is 7.54. The Morgan fingerprint density at radius 3 is 0.820 bits per heavy atom. The van der Waals surface area contributed by atoms with Crippen molar-refractivity contribution in [3.05, 3.63) is 36.5 Å². The van der Waals surface area contributed by atoms with E-state index in [1.807, 2.05) is 0 Å². The second kappa shape index (κ2) is 50.3. The maximum atomic E-state index is 12.8. The Labute approximate surface area is 378 Å². The van der Waals surface area contributed by atoms with Crippen LogP contribution in [0.4, 0.5) is 0 Å². The summed E-state index contributed by atoms with van der Waals surface area (Å²) in [4.78, 5) is 38.0. The van der Waals surface area contributed by atoms with E-state index in [2.05, 4.69) is 57.2 Å². The van der Waals surface area contributed by atoms with E-state index >= 15 is 0 Å². The minimum Gasteiger partial charge on any atom is -0.462 e. The molecule has 0 saturated heterocycles. The topological polar surface area (TPSA) is 78.9 Å². The van der Waals surface area contributed by atoms with Crippen molar-refractivity contribution in [2.75, 3.05) is 13.2 Å². The fourth-order valence-corrected chi connectivity index (χ4v) is 7.54. The van der Waals surface area contributed by atoms with Crippen LogP contribution in [0.5, 0.6) is 0 Å². The molecule has 6 heteroatoms. The van der Waals surface area contributed by atoms with Crippen molar-refractivity contribution in [3.63, 3.8) is 0 Å². The van der Waals surface area contributed by atoms with E-state index in [0.717, 1.165) is 70.6 Å². The summed E-state index contributed by atoms with van der Waals surface area (Å²) < 4.78 is 16.8. The first-order valence-corrected chi connectivity index (χ1v) is 26.5. The quantitative estimate of drug-likeness (QED) is 0.0262. The molecule has 6 nitrogen and oxygen atoms in total. The van der Waals surface area contributed by atoms with Crippen LogP contribution >= 0.6 is 0 Å². The average molecular weight is 857 g/mol. The minimum absolute atomic E-state index is 0.0775. The number of carbonyl (C=O) groups excluding carboxylic acids is 3. The van der Waals surface area contributed by atoms with Crippen LogP contribution in [0.2, 0.25) is 0 Å². The first-order valence-electron chi connectivity index (χ1n) is 26.5. The Kier molecular flexibility index (Phi) is 48.3. The number of hydrogen-bond acceptors (Lipinski definition) is 6. The second-order valence-electron chi connectivity index (χ2n) is 17.8. The van der Waals surface area contributed by atoms with Gasteiger partial charge in [-0.2, -0.15) is 0 Å². The van der Waals surface area contributed by atoms with Crippen LogP contribution < -0.4 is 0 Å². The van der Waals surface area contributed by atoms with E-state index in [9.17, 15) is 14.4 Å². The first-order chi connectivity index (χ1) is 30.0. The van der Waals surface area contributed by atoms with Gasteiger partial charge in [-0.15, -0.1) is 0 Å². The molecule has 0 fully saturated rings. The van der Waals surface area contributed by atoms with Gasteiger partial charge in [0, 0.05) is 19.3 Å². The number of hydrogen-bond donors (Lipinski definition) is 0. The third kappa shape index (κ3) is 48.5. The molecule has 0 unspecified atom stereocenters. The summed E-state index contributed by atoms with van der Waals surface area (Å²) in [7, 11) is 0. The van der Waals surface area contributed by atoms with Gasteiger partial charge < -0.3 is 14.2 Å². The number of ether oxygens (including phenoxy) is 3. The zero-order valence-electron chi connectivity index (χ0n) is 40.7. The van der Waals surface area contributed by atoms with E-state index in [1.165, 1.54) is 167 Å². The summed E-state index contributed by atoms with van der Waals surface area (Å²) in [5, 5.41) is 0. The van der Waals surface area contributed by atoms with Gasteiger partial charge in [-0.25, -0.2) is 0 Å². The number of rotatable bonds is 48. The Bertz CT molecular complexity index is 975. The SMILES string of the molecule is CCCCCCC=CCCCCCCCCCC(=O)OCC(COC(=O)CCCCCCCCCC=CCCCCCC)OC(=O)CCCCCCCC=CCCCCCC. The molecule has 0 bridgehead atoms. The summed E-state index contributed by atoms with van der Waals surface area (Å²) >= 11 is 0. The Morgan fingerprint density at radius 1 is 0.311 bits per heavy atom. The first kappa shape index (κ1) is 58.6. The van der Waals surface area contributed by atoms with Crippen LogP contribution in [0, 0.1) is 0 Å². The van der Waals surface area contributed by atoms with Gasteiger partial charge in [0.1, 0.15) is 13.2 Å². The lowest BCUT2D eigenvalue weighted by atomic mass is 10.1. The van der Waals surface area contributed by atoms with Crippen molar-refractivity contribution >= 4 is 17.9 Å². The molecular formula is C55H100O6. The number of unbranched alkanes of at least 4 members (excludes halogenated alkanes) is 31. The van der Waals surface area contributed by atoms with Gasteiger partial charge >= 0.3 is 17.9 Å². The molecule has 0 aromatic rings. The lowest BCUT2D eigenvalue weighted by Crippen LogP contribution is -2.30. The normalized spacial score (nSPS) is 12.2. The zero-order valence-corrected chi connectivity index (χ0v) is 40.7. The van der Waals surface area contributed by atoms with Crippen LogP contribution in [-0.4, -0.2) is 37.2 Å². The Balaban J connectivity index is 4.37. The minimum atomic E-state index is -0.777. The van der Waals surface area contributed by atoms with Crippen molar-refractivity contribution in [3.8, 4) is 0 Å². The molecular weight excluding hydrogens is 757 g/mol. The third-order valence-corrected chi connectivity index (χ3v) is 11.6. The van der Waals surface area contributed by atoms with Crippen LogP contribution in [-0.2, 0) is 28.6 Å². The van der Waals surface area contributed by atoms with E-state index in [0.29, 0.717) is 19.3 Å². The van der Waals surface area contributed by atoms with Gasteiger partial charge in [0.05, 0.1) is 0 Å². The molecule has 0 amide bonds. The van der Waals surface area contributed by atoms with Crippen molar-refractivity contribution < 1.29 is 28.6 Å². The Morgan fingerprint density at radius 2 is 0.541 bits per heavy atom. The van der Waals surface area contributed by atoms with E-state index in [-0.39, 0.29) is 31.1 Å². The largest absolute Gasteiger partial charge is 0.462 e. The lowest BCUT2D eigenvalue weighted by molar-refractivity contribution is -0.167. The molecule has 0 aliphatic heterocycles. The third-order valence-electron chi connectivity index (χ3n) is 11.6. The highest BCUT2D eigenvalue weighted by molar-refractivity contribution is 5.71. The highest BCUT2D eigenvalue weighted by atomic mass is 16.6. The van der Waals surface area contributed by atoms with E-state index in [4.69, 9.17) is 14.2 Å². The summed E-state index contributed by atoms with van der Waals surface area (Å²) in [5.41, 5.74) is 0. The predicted molar refractivity (Wildman–Crippen MR) is 261 cm³/mol. The van der Waals surface area contributed by atoms with Gasteiger partial charge in [-0.3, -0.25) is 14.4 Å². The number of allylic oxidation sites excluding steroid dienone is 6. The Hall–Kier alpha value is -2.37. The monoisotopic (exact) mass is 857 g/mol. The van der Waals surface area contributed by atoms with E-state index in [1.54, 1.807) is 0 Å². The van der Waals surface area contributed by atoms with Crippen molar-refractivity contribution in [1.29, 1.82) is 0 Å². The van der Waals surface area contributed by atoms with E-state index < -0.39 is 6.10 Å². The van der Waals surface area contributed by atoms with Gasteiger partial charge in [-0.1, -0.05) is 198 Å². The van der Waals surface area contributed by atoms with Gasteiger partial charge in [-0.05, 0) is 96.3 Å². The summed E-state index contributed by atoms with van der Waals surface area (Å²) in [6.45, 7) is 6.60. The maximum absolute atomic E-state index is 12.8. The summed E-state index contributed by atoms with van der Waals surface area (Å²) in [6, 6.07) is 0. The lowest BCUT2D eigenvalue weighted by Gasteiger charge is -2.18. The second-order valence-corrected chi connectivity index (χ2v) is 17.8. The maximum Gasteiger partial charge on any atom is 0.306 e. The van der Waals surface area contributed by atoms with Gasteiger partial charge in [0.25, 0.3) is 0 Å². The summed E-state index contributed by atoms with van der Waals surface area (Å²) in [6.07, 6.45) is 58.3. The molecule has 0 atom stereocenters. The zero-order chi connectivity index (χ0) is 44.4. The van der Waals surface area contributed by atoms with Gasteiger partial charge in [0.2, 0.25) is 0 Å². The van der Waals surface area contributed by atoms with Crippen molar-refractivity contribution in [1.82, 2.24) is 0 Å². The van der Waals surface area contributed by atoms with Crippen molar-refractivity contribution in [2.24, 2.45) is 0 Å². The molecule has 0 spiro atoms. The molecule has 0 rings (SSSR count). The molecule has 356 valence electrons. The van der Waals surface area contributed by atoms with Crippen LogP contribution in [0.1, 0.15) is 278 Å². The standard InChI is InChI=1S/C55H100O6/c1-4-7-10-13-16-19-22-25-27-30-32-35-38-41-44-47-53(56)59-50-52(61-55(58)49-46-43-40-37-34-29-24-21-18-15-12-9-6-3)51-60-54(57)48-45-42-39-36-33-31-28-26-23-20-17-14-11-8-5-2/h19-24,52H,4-18,25-51H2,1-3H3. The molecule has 0 N–H and O–H groups in total. The molecule has 0 aromatic heterocycles. The number of esters is 3. The fraction of sp³-hybridized carbons (Fsp3) is 0.836. The number of carbonyl (C=O) groups is 3. The molecule has 0 aliphatic rings. The summed E-state index contributed by atoms with van der Waals surface area (Å²) in [5.74, 6) is -0.885. The average Bonchev–Trinajstić information content (AvgIpc) is 3.26. The van der Waals surface area contributed by atoms with Crippen LogP contribution in [0.3, 0.4) is 0 Å². The van der Waals surface area contributed by atoms with Crippen LogP contribution in [0.15, 0.2) is 36.5 Å². The molecule has 0 saturated carbocycles. The highest BCUT2D eigenvalue weighted by Gasteiger charge is 2.19. The smallest absolute Gasteiger partial charge is 0.306 e. The molecule has 0 aliphatic carbocycles.